The van der Waals surface area contributed by atoms with Crippen LogP contribution in [-0.2, 0) is 0 Å². The Kier molecular flexibility index (Phi) is 2.91. The van der Waals surface area contributed by atoms with Crippen LogP contribution >= 0.6 is 0 Å². The molecule has 1 fully saturated rings. The number of methoxy groups -OCH3 is 1. The molecule has 1 saturated heterocycles. The lowest BCUT2D eigenvalue weighted by atomic mass is 9.96. The predicted octanol–water partition coefficient (Wildman–Crippen LogP) is 2.22. The molecule has 2 nitrogen and oxygen atoms in total. The van der Waals surface area contributed by atoms with Gasteiger partial charge in [-0.15, -0.1) is 0 Å². The van der Waals surface area contributed by atoms with Gasteiger partial charge >= 0.3 is 0 Å². The molecule has 3 heteroatoms. The van der Waals surface area contributed by atoms with Crippen molar-refractivity contribution in [1.82, 2.24) is 5.32 Å². The van der Waals surface area contributed by atoms with E-state index in [1.807, 2.05) is 13.0 Å². The average molecular weight is 209 g/mol. The number of hydrogen-bond donors (Lipinski definition) is 1. The molecule has 0 aromatic heterocycles. The van der Waals surface area contributed by atoms with Crippen molar-refractivity contribution >= 4 is 0 Å². The van der Waals surface area contributed by atoms with Gasteiger partial charge in [-0.1, -0.05) is 0 Å². The summed E-state index contributed by atoms with van der Waals surface area (Å²) in [4.78, 5) is 0. The third kappa shape index (κ3) is 1.97. The topological polar surface area (TPSA) is 21.3 Å². The van der Waals surface area contributed by atoms with Gasteiger partial charge in [0.05, 0.1) is 7.11 Å². The molecule has 1 aromatic carbocycles. The van der Waals surface area contributed by atoms with Crippen LogP contribution in [0.3, 0.4) is 0 Å². The summed E-state index contributed by atoms with van der Waals surface area (Å²) >= 11 is 0. The molecule has 0 aliphatic carbocycles. The molecule has 0 spiro atoms. The first kappa shape index (κ1) is 10.4. The monoisotopic (exact) mass is 209 g/mol. The van der Waals surface area contributed by atoms with Crippen molar-refractivity contribution in [2.75, 3.05) is 20.2 Å². The number of nitrogens with one attached hydrogen (secondary N) is 1. The van der Waals surface area contributed by atoms with Gasteiger partial charge in [0.2, 0.25) is 0 Å². The van der Waals surface area contributed by atoms with Crippen molar-refractivity contribution in [3.63, 3.8) is 0 Å². The second-order valence-electron chi connectivity index (χ2n) is 4.03. The van der Waals surface area contributed by atoms with Gasteiger partial charge < -0.3 is 10.1 Å². The van der Waals surface area contributed by atoms with Gasteiger partial charge in [0, 0.05) is 18.5 Å². The first-order chi connectivity index (χ1) is 7.22. The molecule has 1 atom stereocenters. The maximum Gasteiger partial charge on any atom is 0.130 e. The highest BCUT2D eigenvalue weighted by molar-refractivity contribution is 5.39. The molecule has 2 rings (SSSR count). The Morgan fingerprint density at radius 1 is 1.47 bits per heavy atom. The zero-order valence-electron chi connectivity index (χ0n) is 9.14. The highest BCUT2D eigenvalue weighted by Crippen LogP contribution is 2.29. The highest BCUT2D eigenvalue weighted by Gasteiger charge is 2.21. The molecule has 1 heterocycles. The molecule has 0 bridgehead atoms. The molecule has 0 saturated carbocycles. The molecular formula is C12H16FNO. The van der Waals surface area contributed by atoms with E-state index in [1.165, 1.54) is 6.07 Å². The van der Waals surface area contributed by atoms with E-state index in [1.54, 1.807) is 7.11 Å². The van der Waals surface area contributed by atoms with Crippen LogP contribution in [0.25, 0.3) is 0 Å². The van der Waals surface area contributed by atoms with Crippen LogP contribution in [0.15, 0.2) is 12.1 Å². The Balaban J connectivity index is 2.35. The van der Waals surface area contributed by atoms with E-state index in [9.17, 15) is 4.39 Å². The van der Waals surface area contributed by atoms with Gasteiger partial charge in [-0.05, 0) is 37.1 Å². The predicted molar refractivity (Wildman–Crippen MR) is 57.9 cm³/mol. The fourth-order valence-electron chi connectivity index (χ4n) is 2.14. The first-order valence-corrected chi connectivity index (χ1v) is 5.27. The minimum atomic E-state index is -0.147. The standard InChI is InChI=1S/C12H16FNO/c1-8-5-10(9-3-4-14-7-9)11(13)6-12(8)15-2/h5-6,9,14H,3-4,7H2,1-2H3. The Bertz CT molecular complexity index is 359. The van der Waals surface area contributed by atoms with Gasteiger partial charge in [-0.2, -0.15) is 0 Å². The van der Waals surface area contributed by atoms with Crippen LogP contribution in [0.4, 0.5) is 4.39 Å². The second-order valence-corrected chi connectivity index (χ2v) is 4.03. The molecule has 1 unspecified atom stereocenters. The van der Waals surface area contributed by atoms with Crippen molar-refractivity contribution in [3.8, 4) is 5.75 Å². The fraction of sp³-hybridized carbons (Fsp3) is 0.500. The molecular weight excluding hydrogens is 193 g/mol. The zero-order chi connectivity index (χ0) is 10.8. The van der Waals surface area contributed by atoms with Gasteiger partial charge in [0.15, 0.2) is 0 Å². The lowest BCUT2D eigenvalue weighted by molar-refractivity contribution is 0.407. The molecule has 1 N–H and O–H groups in total. The summed E-state index contributed by atoms with van der Waals surface area (Å²) in [5.74, 6) is 0.794. The Morgan fingerprint density at radius 3 is 2.87 bits per heavy atom. The molecule has 15 heavy (non-hydrogen) atoms. The Hall–Kier alpha value is -1.09. The molecule has 0 radical (unpaired) electrons. The van der Waals surface area contributed by atoms with E-state index < -0.39 is 0 Å². The SMILES string of the molecule is COc1cc(F)c(C2CCNC2)cc1C. The van der Waals surface area contributed by atoms with Crippen molar-refractivity contribution < 1.29 is 9.13 Å². The largest absolute Gasteiger partial charge is 0.496 e. The number of benzene rings is 1. The second kappa shape index (κ2) is 4.19. The van der Waals surface area contributed by atoms with Crippen LogP contribution in [-0.4, -0.2) is 20.2 Å². The molecule has 82 valence electrons. The number of hydrogen-bond acceptors (Lipinski definition) is 2. The zero-order valence-corrected chi connectivity index (χ0v) is 9.14. The number of ether oxygens (including phenoxy) is 1. The quantitative estimate of drug-likeness (QED) is 0.806. The minimum absolute atomic E-state index is 0.147. The third-order valence-electron chi connectivity index (χ3n) is 3.01. The van der Waals surface area contributed by atoms with Crippen LogP contribution in [0.5, 0.6) is 5.75 Å². The molecule has 1 aliphatic rings. The summed E-state index contributed by atoms with van der Waals surface area (Å²) in [6, 6.07) is 3.40. The van der Waals surface area contributed by atoms with E-state index in [2.05, 4.69) is 5.32 Å². The Labute approximate surface area is 89.4 Å². The van der Waals surface area contributed by atoms with Crippen molar-refractivity contribution in [1.29, 1.82) is 0 Å². The summed E-state index contributed by atoms with van der Waals surface area (Å²) in [5.41, 5.74) is 1.82. The number of halogens is 1. The fourth-order valence-corrected chi connectivity index (χ4v) is 2.14. The average Bonchev–Trinajstić information content (AvgIpc) is 2.74. The molecule has 1 aliphatic heterocycles. The number of rotatable bonds is 2. The lowest BCUT2D eigenvalue weighted by Gasteiger charge is -2.13. The Morgan fingerprint density at radius 2 is 2.27 bits per heavy atom. The first-order valence-electron chi connectivity index (χ1n) is 5.27. The summed E-state index contributed by atoms with van der Waals surface area (Å²) in [6.07, 6.45) is 1.02. The molecule has 0 amide bonds. The van der Waals surface area contributed by atoms with Crippen LogP contribution in [0.2, 0.25) is 0 Å². The van der Waals surface area contributed by atoms with E-state index in [-0.39, 0.29) is 5.82 Å². The van der Waals surface area contributed by atoms with E-state index in [0.717, 1.165) is 30.6 Å². The van der Waals surface area contributed by atoms with Crippen molar-refractivity contribution in [3.05, 3.63) is 29.1 Å². The maximum atomic E-state index is 13.8. The molecule has 1 aromatic rings. The minimum Gasteiger partial charge on any atom is -0.496 e. The highest BCUT2D eigenvalue weighted by atomic mass is 19.1. The maximum absolute atomic E-state index is 13.8. The van der Waals surface area contributed by atoms with Crippen molar-refractivity contribution in [2.24, 2.45) is 0 Å². The summed E-state index contributed by atoms with van der Waals surface area (Å²) in [7, 11) is 1.57. The lowest BCUT2D eigenvalue weighted by Crippen LogP contribution is -2.09. The number of aryl methyl sites for hydroxylation is 1. The smallest absolute Gasteiger partial charge is 0.130 e. The van der Waals surface area contributed by atoms with Gasteiger partial charge in [-0.3, -0.25) is 0 Å². The summed E-state index contributed by atoms with van der Waals surface area (Å²) < 4.78 is 18.8. The van der Waals surface area contributed by atoms with Gasteiger partial charge in [0.25, 0.3) is 0 Å². The van der Waals surface area contributed by atoms with Gasteiger partial charge in [-0.25, -0.2) is 4.39 Å². The van der Waals surface area contributed by atoms with E-state index in [0.29, 0.717) is 11.7 Å². The van der Waals surface area contributed by atoms with E-state index >= 15 is 0 Å². The normalized spacial score (nSPS) is 20.6. The van der Waals surface area contributed by atoms with Gasteiger partial charge in [0.1, 0.15) is 11.6 Å². The third-order valence-corrected chi connectivity index (χ3v) is 3.01. The van der Waals surface area contributed by atoms with Crippen molar-refractivity contribution in [2.45, 2.75) is 19.3 Å². The van der Waals surface area contributed by atoms with E-state index in [4.69, 9.17) is 4.74 Å². The van der Waals surface area contributed by atoms with Crippen LogP contribution in [0, 0.1) is 12.7 Å². The summed E-state index contributed by atoms with van der Waals surface area (Å²) in [5, 5.41) is 3.25. The van der Waals surface area contributed by atoms with Crippen LogP contribution in [0.1, 0.15) is 23.5 Å². The summed E-state index contributed by atoms with van der Waals surface area (Å²) in [6.45, 7) is 3.81. The van der Waals surface area contributed by atoms with Crippen LogP contribution < -0.4 is 10.1 Å².